The molecular weight excluding hydrogens is 154 g/mol. The van der Waals surface area contributed by atoms with E-state index in [1.54, 1.807) is 6.92 Å². The molecule has 1 atom stereocenters. The molecule has 56 valence electrons. The number of hydrogen-bond acceptors (Lipinski definition) is 4. The summed E-state index contributed by atoms with van der Waals surface area (Å²) in [6.07, 6.45) is 1.38. The quantitative estimate of drug-likeness (QED) is 0.639. The average Bonchev–Trinajstić information content (AvgIpc) is 2.34. The Hall–Kier alpha value is -0.680. The minimum Gasteiger partial charge on any atom is -0.360 e. The van der Waals surface area contributed by atoms with Crippen molar-refractivity contribution in [1.29, 1.82) is 0 Å². The average molecular weight is 161 g/mol. The lowest BCUT2D eigenvalue weighted by Gasteiger charge is -1.91. The first-order valence-corrected chi connectivity index (χ1v) is 3.70. The van der Waals surface area contributed by atoms with Gasteiger partial charge in [-0.05, 0) is 6.92 Å². The third-order valence-corrected chi connectivity index (χ3v) is 2.09. The molecule has 0 aliphatic rings. The number of aryl methyl sites for hydroxylation is 1. The lowest BCUT2D eigenvalue weighted by atomic mass is 10.5. The van der Waals surface area contributed by atoms with Crippen molar-refractivity contribution >= 4 is 11.1 Å². The molecule has 1 heterocycles. The van der Waals surface area contributed by atoms with Crippen molar-refractivity contribution in [2.24, 2.45) is 0 Å². The zero-order valence-electron chi connectivity index (χ0n) is 5.66. The van der Waals surface area contributed by atoms with Gasteiger partial charge in [-0.2, -0.15) is 0 Å². The zero-order valence-corrected chi connectivity index (χ0v) is 6.47. The molecule has 1 unspecified atom stereocenters. The number of hydrogen-bond donors (Lipinski definition) is 0. The Kier molecular flexibility index (Phi) is 2.18. The van der Waals surface area contributed by atoms with E-state index in [0.717, 1.165) is 0 Å². The lowest BCUT2D eigenvalue weighted by Crippen LogP contribution is -1.92. The maximum atomic E-state index is 10.9. The molecule has 0 amide bonds. The van der Waals surface area contributed by atoms with Crippen molar-refractivity contribution in [3.05, 3.63) is 12.0 Å². The van der Waals surface area contributed by atoms with Crippen LogP contribution in [-0.2, 0) is 15.3 Å². The standard InChI is InChI=1S/C5H7NO3S/c1-4-5(3-6-9-4)10(7)8-2/h3H,1-2H3. The fourth-order valence-corrected chi connectivity index (χ4v) is 1.12. The molecule has 0 spiro atoms. The molecule has 10 heavy (non-hydrogen) atoms. The van der Waals surface area contributed by atoms with E-state index in [9.17, 15) is 4.21 Å². The highest BCUT2D eigenvalue weighted by Gasteiger charge is 2.09. The van der Waals surface area contributed by atoms with Gasteiger partial charge >= 0.3 is 0 Å². The molecule has 1 rings (SSSR count). The molecule has 5 heteroatoms. The molecule has 4 nitrogen and oxygen atoms in total. The molecule has 0 saturated heterocycles. The SMILES string of the molecule is COS(=O)c1cnoc1C. The molecule has 0 radical (unpaired) electrons. The van der Waals surface area contributed by atoms with Crippen LogP contribution in [0.15, 0.2) is 15.6 Å². The summed E-state index contributed by atoms with van der Waals surface area (Å²) in [6, 6.07) is 0. The summed E-state index contributed by atoms with van der Waals surface area (Å²) >= 11 is -1.43. The van der Waals surface area contributed by atoms with Crippen LogP contribution in [0.4, 0.5) is 0 Å². The van der Waals surface area contributed by atoms with E-state index in [2.05, 4.69) is 13.9 Å². The van der Waals surface area contributed by atoms with Gasteiger partial charge in [0.15, 0.2) is 16.8 Å². The minimum atomic E-state index is -1.43. The predicted octanol–water partition coefficient (Wildman–Crippen LogP) is 0.652. The largest absolute Gasteiger partial charge is 0.360 e. The van der Waals surface area contributed by atoms with Gasteiger partial charge in [0, 0.05) is 0 Å². The maximum Gasteiger partial charge on any atom is 0.194 e. The smallest absolute Gasteiger partial charge is 0.194 e. The minimum absolute atomic E-state index is 0.488. The van der Waals surface area contributed by atoms with Crippen LogP contribution in [0, 0.1) is 6.92 Å². The zero-order chi connectivity index (χ0) is 7.56. The third-order valence-electron chi connectivity index (χ3n) is 1.04. The summed E-state index contributed by atoms with van der Waals surface area (Å²) in [6.45, 7) is 1.68. The number of rotatable bonds is 2. The molecule has 0 N–H and O–H groups in total. The fourth-order valence-electron chi connectivity index (χ4n) is 0.539. The van der Waals surface area contributed by atoms with Gasteiger partial charge in [0.2, 0.25) is 0 Å². The lowest BCUT2D eigenvalue weighted by molar-refractivity contribution is 0.392. The van der Waals surface area contributed by atoms with E-state index in [1.807, 2.05) is 0 Å². The molecular formula is C5H7NO3S. The highest BCUT2D eigenvalue weighted by atomic mass is 32.2. The van der Waals surface area contributed by atoms with E-state index in [1.165, 1.54) is 13.3 Å². The van der Waals surface area contributed by atoms with Crippen LogP contribution in [0.25, 0.3) is 0 Å². The van der Waals surface area contributed by atoms with Gasteiger partial charge in [-0.1, -0.05) is 5.16 Å². The Balaban J connectivity index is 2.93. The highest BCUT2D eigenvalue weighted by Crippen LogP contribution is 2.10. The van der Waals surface area contributed by atoms with Crippen LogP contribution in [0.3, 0.4) is 0 Å². The van der Waals surface area contributed by atoms with Gasteiger partial charge in [0.25, 0.3) is 0 Å². The van der Waals surface area contributed by atoms with Gasteiger partial charge in [0.1, 0.15) is 4.90 Å². The number of nitrogens with zero attached hydrogens (tertiary/aromatic N) is 1. The Morgan fingerprint density at radius 1 is 1.80 bits per heavy atom. The van der Waals surface area contributed by atoms with Crippen LogP contribution in [-0.4, -0.2) is 16.5 Å². The van der Waals surface area contributed by atoms with E-state index in [4.69, 9.17) is 0 Å². The summed E-state index contributed by atoms with van der Waals surface area (Å²) in [4.78, 5) is 0.488. The van der Waals surface area contributed by atoms with E-state index in [0.29, 0.717) is 10.7 Å². The van der Waals surface area contributed by atoms with Gasteiger partial charge in [-0.3, -0.25) is 4.18 Å². The molecule has 0 aromatic carbocycles. The van der Waals surface area contributed by atoms with Crippen LogP contribution in [0.2, 0.25) is 0 Å². The summed E-state index contributed by atoms with van der Waals surface area (Å²) < 4.78 is 20.1. The Morgan fingerprint density at radius 2 is 2.50 bits per heavy atom. The van der Waals surface area contributed by atoms with Crippen LogP contribution >= 0.6 is 0 Å². The first-order valence-electron chi connectivity index (χ1n) is 2.63. The van der Waals surface area contributed by atoms with Crippen molar-refractivity contribution in [3.63, 3.8) is 0 Å². The monoisotopic (exact) mass is 161 g/mol. The van der Waals surface area contributed by atoms with Crippen LogP contribution in [0.1, 0.15) is 5.76 Å². The second-order valence-electron chi connectivity index (χ2n) is 1.65. The second kappa shape index (κ2) is 2.94. The van der Waals surface area contributed by atoms with Crippen LogP contribution < -0.4 is 0 Å². The van der Waals surface area contributed by atoms with Crippen molar-refractivity contribution in [1.82, 2.24) is 5.16 Å². The van der Waals surface area contributed by atoms with Crippen molar-refractivity contribution in [2.75, 3.05) is 7.11 Å². The predicted molar refractivity (Wildman–Crippen MR) is 34.7 cm³/mol. The highest BCUT2D eigenvalue weighted by molar-refractivity contribution is 7.80. The van der Waals surface area contributed by atoms with Gasteiger partial charge in [-0.15, -0.1) is 0 Å². The Labute approximate surface area is 60.8 Å². The van der Waals surface area contributed by atoms with Gasteiger partial charge < -0.3 is 4.52 Å². The topological polar surface area (TPSA) is 52.3 Å². The summed E-state index contributed by atoms with van der Waals surface area (Å²) in [7, 11) is 1.36. The molecule has 1 aromatic rings. The molecule has 0 fully saturated rings. The molecule has 1 aromatic heterocycles. The summed E-state index contributed by atoms with van der Waals surface area (Å²) in [5, 5.41) is 3.44. The first kappa shape index (κ1) is 7.43. The first-order chi connectivity index (χ1) is 4.75. The van der Waals surface area contributed by atoms with Gasteiger partial charge in [0.05, 0.1) is 13.3 Å². The molecule has 0 bridgehead atoms. The number of aromatic nitrogens is 1. The summed E-state index contributed by atoms with van der Waals surface area (Å²) in [5.41, 5.74) is 0. The van der Waals surface area contributed by atoms with Crippen molar-refractivity contribution in [2.45, 2.75) is 11.8 Å². The maximum absolute atomic E-state index is 10.9. The molecule has 0 aliphatic heterocycles. The fraction of sp³-hybridized carbons (Fsp3) is 0.400. The van der Waals surface area contributed by atoms with E-state index < -0.39 is 11.1 Å². The van der Waals surface area contributed by atoms with E-state index in [-0.39, 0.29) is 0 Å². The molecule has 0 saturated carbocycles. The van der Waals surface area contributed by atoms with E-state index >= 15 is 0 Å². The summed E-state index contributed by atoms with van der Waals surface area (Å²) in [5.74, 6) is 0.528. The van der Waals surface area contributed by atoms with Crippen molar-refractivity contribution < 1.29 is 12.9 Å². The second-order valence-corrected chi connectivity index (χ2v) is 2.89. The van der Waals surface area contributed by atoms with Crippen molar-refractivity contribution in [3.8, 4) is 0 Å². The van der Waals surface area contributed by atoms with Gasteiger partial charge in [-0.25, -0.2) is 4.21 Å². The molecule has 0 aliphatic carbocycles. The Morgan fingerprint density at radius 3 is 2.90 bits per heavy atom. The normalized spacial score (nSPS) is 13.4. The van der Waals surface area contributed by atoms with Crippen LogP contribution in [0.5, 0.6) is 0 Å². The Bertz CT molecular complexity index is 245. The third kappa shape index (κ3) is 1.25.